The monoisotopic (exact) mass is 392 g/mol. The molecule has 1 atom stereocenters. The molecule has 28 heavy (non-hydrogen) atoms. The summed E-state index contributed by atoms with van der Waals surface area (Å²) < 4.78 is 51.3. The van der Waals surface area contributed by atoms with Crippen molar-refractivity contribution in [1.82, 2.24) is 9.78 Å². The summed E-state index contributed by atoms with van der Waals surface area (Å²) in [6.45, 7) is -1.23. The van der Waals surface area contributed by atoms with E-state index in [1.807, 2.05) is 0 Å². The number of anilines is 2. The second-order valence-electron chi connectivity index (χ2n) is 6.00. The van der Waals surface area contributed by atoms with Crippen LogP contribution in [0.25, 0.3) is 0 Å². The minimum atomic E-state index is -4.40. The van der Waals surface area contributed by atoms with Gasteiger partial charge in [0.1, 0.15) is 24.2 Å². The first-order valence-corrected chi connectivity index (χ1v) is 8.28. The molecule has 5 nitrogen and oxygen atoms in total. The van der Waals surface area contributed by atoms with Gasteiger partial charge in [-0.25, -0.2) is 4.39 Å². The van der Waals surface area contributed by atoms with E-state index < -0.39 is 30.5 Å². The van der Waals surface area contributed by atoms with Gasteiger partial charge in [-0.3, -0.25) is 9.48 Å². The molecule has 2 aromatic carbocycles. The minimum absolute atomic E-state index is 0.118. The van der Waals surface area contributed by atoms with Crippen LogP contribution < -0.4 is 10.6 Å². The van der Waals surface area contributed by atoms with Crippen molar-refractivity contribution in [1.29, 1.82) is 0 Å². The zero-order chi connectivity index (χ0) is 20.1. The Kier molecular flexibility index (Phi) is 5.62. The highest BCUT2D eigenvalue weighted by Gasteiger charge is 2.29. The first-order valence-electron chi connectivity index (χ1n) is 8.28. The third-order valence-electron chi connectivity index (χ3n) is 3.78. The van der Waals surface area contributed by atoms with E-state index in [2.05, 4.69) is 15.7 Å². The fraction of sp³-hybridized carbons (Fsp3) is 0.158. The van der Waals surface area contributed by atoms with E-state index in [-0.39, 0.29) is 5.82 Å². The van der Waals surface area contributed by atoms with Crippen molar-refractivity contribution in [3.8, 4) is 0 Å². The molecule has 0 fully saturated rings. The molecule has 0 saturated carbocycles. The van der Waals surface area contributed by atoms with Crippen molar-refractivity contribution in [3.63, 3.8) is 0 Å². The lowest BCUT2D eigenvalue weighted by molar-refractivity contribution is -0.142. The fourth-order valence-electron chi connectivity index (χ4n) is 2.55. The van der Waals surface area contributed by atoms with Gasteiger partial charge in [-0.15, -0.1) is 0 Å². The van der Waals surface area contributed by atoms with Crippen molar-refractivity contribution in [3.05, 3.63) is 78.2 Å². The summed E-state index contributed by atoms with van der Waals surface area (Å²) in [6.07, 6.45) is -3.22. The van der Waals surface area contributed by atoms with Crippen LogP contribution in [0, 0.1) is 5.82 Å². The van der Waals surface area contributed by atoms with Gasteiger partial charge in [0, 0.05) is 18.0 Å². The molecule has 146 valence electrons. The van der Waals surface area contributed by atoms with Crippen LogP contribution in [0.2, 0.25) is 0 Å². The maximum atomic E-state index is 13.0. The first-order chi connectivity index (χ1) is 13.3. The van der Waals surface area contributed by atoms with Crippen LogP contribution in [0.15, 0.2) is 66.9 Å². The van der Waals surface area contributed by atoms with Crippen LogP contribution in [0.1, 0.15) is 11.6 Å². The summed E-state index contributed by atoms with van der Waals surface area (Å²) in [6, 6.07) is 14.3. The predicted octanol–water partition coefficient (Wildman–Crippen LogP) is 4.38. The van der Waals surface area contributed by atoms with Gasteiger partial charge < -0.3 is 10.6 Å². The summed E-state index contributed by atoms with van der Waals surface area (Å²) >= 11 is 0. The minimum Gasteiger partial charge on any atom is -0.353 e. The maximum Gasteiger partial charge on any atom is 0.408 e. The average molecular weight is 392 g/mol. The van der Waals surface area contributed by atoms with E-state index in [4.69, 9.17) is 0 Å². The molecule has 1 aromatic heterocycles. The Morgan fingerprint density at radius 1 is 1.04 bits per heavy atom. The Labute approximate surface area is 158 Å². The van der Waals surface area contributed by atoms with Gasteiger partial charge in [-0.05, 0) is 29.8 Å². The highest BCUT2D eigenvalue weighted by Crippen LogP contribution is 2.22. The third-order valence-corrected chi connectivity index (χ3v) is 3.78. The molecule has 3 rings (SSSR count). The Bertz CT molecular complexity index is 923. The van der Waals surface area contributed by atoms with E-state index in [1.165, 1.54) is 36.5 Å². The lowest BCUT2D eigenvalue weighted by atomic mass is 10.1. The molecule has 0 aliphatic carbocycles. The number of benzene rings is 2. The number of amides is 1. The van der Waals surface area contributed by atoms with E-state index >= 15 is 0 Å². The molecule has 1 unspecified atom stereocenters. The normalized spacial score (nSPS) is 12.4. The Morgan fingerprint density at radius 2 is 1.71 bits per heavy atom. The molecule has 1 amide bonds. The van der Waals surface area contributed by atoms with Crippen molar-refractivity contribution in [2.24, 2.45) is 0 Å². The molecule has 0 aliphatic rings. The zero-order valence-electron chi connectivity index (χ0n) is 14.4. The van der Waals surface area contributed by atoms with E-state index in [0.29, 0.717) is 11.3 Å². The summed E-state index contributed by atoms with van der Waals surface area (Å²) in [5.41, 5.74) is 0.976. The maximum absolute atomic E-state index is 13.0. The second-order valence-corrected chi connectivity index (χ2v) is 6.00. The number of hydrogen-bond acceptors (Lipinski definition) is 3. The number of rotatable bonds is 6. The molecule has 0 bridgehead atoms. The van der Waals surface area contributed by atoms with Crippen molar-refractivity contribution in [2.75, 3.05) is 10.6 Å². The molecular formula is C19H16F4N4O. The van der Waals surface area contributed by atoms with Crippen LogP contribution >= 0.6 is 0 Å². The summed E-state index contributed by atoms with van der Waals surface area (Å²) in [4.78, 5) is 12.8. The third kappa shape index (κ3) is 5.32. The lowest BCUT2D eigenvalue weighted by Gasteiger charge is -2.18. The number of alkyl halides is 3. The number of nitrogens with one attached hydrogen (secondary N) is 2. The van der Waals surface area contributed by atoms with Crippen molar-refractivity contribution in [2.45, 2.75) is 18.8 Å². The van der Waals surface area contributed by atoms with Gasteiger partial charge in [-0.2, -0.15) is 18.3 Å². The van der Waals surface area contributed by atoms with E-state index in [0.717, 1.165) is 4.68 Å². The smallest absolute Gasteiger partial charge is 0.353 e. The van der Waals surface area contributed by atoms with Gasteiger partial charge >= 0.3 is 6.18 Å². The van der Waals surface area contributed by atoms with Gasteiger partial charge in [0.05, 0.1) is 0 Å². The SMILES string of the molecule is O=C(Nc1ccc(F)cc1)C(Nc1ccn(CC(F)(F)F)n1)c1ccccc1. The molecule has 1 heterocycles. The standard InChI is InChI=1S/C19H16F4N4O/c20-14-6-8-15(9-7-14)24-18(28)17(13-4-2-1-3-5-13)25-16-10-11-27(26-16)12-19(21,22)23/h1-11,17H,12H2,(H,24,28)(H,25,26). The van der Waals surface area contributed by atoms with Crippen LogP contribution in [0.4, 0.5) is 29.1 Å². The molecular weight excluding hydrogens is 376 g/mol. The van der Waals surface area contributed by atoms with Crippen LogP contribution in [0.3, 0.4) is 0 Å². The summed E-state index contributed by atoms with van der Waals surface area (Å²) in [5, 5.41) is 9.32. The summed E-state index contributed by atoms with van der Waals surface area (Å²) in [7, 11) is 0. The predicted molar refractivity (Wildman–Crippen MR) is 96.1 cm³/mol. The number of halogens is 4. The Balaban J connectivity index is 1.79. The van der Waals surface area contributed by atoms with Gasteiger partial charge in [0.2, 0.25) is 0 Å². The molecule has 0 radical (unpaired) electrons. The molecule has 0 saturated heterocycles. The van der Waals surface area contributed by atoms with Crippen LogP contribution in [-0.4, -0.2) is 21.9 Å². The van der Waals surface area contributed by atoms with E-state index in [1.54, 1.807) is 30.3 Å². The number of aromatic nitrogens is 2. The lowest BCUT2D eigenvalue weighted by Crippen LogP contribution is -2.27. The largest absolute Gasteiger partial charge is 0.408 e. The van der Waals surface area contributed by atoms with Crippen molar-refractivity contribution < 1.29 is 22.4 Å². The molecule has 0 spiro atoms. The molecule has 0 aliphatic heterocycles. The first kappa shape index (κ1) is 19.4. The van der Waals surface area contributed by atoms with Gasteiger partial charge in [0.25, 0.3) is 5.91 Å². The highest BCUT2D eigenvalue weighted by molar-refractivity contribution is 5.97. The van der Waals surface area contributed by atoms with Crippen LogP contribution in [-0.2, 0) is 11.3 Å². The molecule has 9 heteroatoms. The average Bonchev–Trinajstić information content (AvgIpc) is 3.07. The van der Waals surface area contributed by atoms with Gasteiger partial charge in [0.15, 0.2) is 0 Å². The topological polar surface area (TPSA) is 59.0 Å². The Morgan fingerprint density at radius 3 is 2.36 bits per heavy atom. The molecule has 3 aromatic rings. The van der Waals surface area contributed by atoms with Crippen LogP contribution in [0.5, 0.6) is 0 Å². The van der Waals surface area contributed by atoms with Gasteiger partial charge in [-0.1, -0.05) is 30.3 Å². The quantitative estimate of drug-likeness (QED) is 0.613. The number of nitrogens with zero attached hydrogens (tertiary/aromatic N) is 2. The molecule has 2 N–H and O–H groups in total. The zero-order valence-corrected chi connectivity index (χ0v) is 14.4. The fourth-order valence-corrected chi connectivity index (χ4v) is 2.55. The summed E-state index contributed by atoms with van der Waals surface area (Å²) in [5.74, 6) is -0.790. The van der Waals surface area contributed by atoms with E-state index in [9.17, 15) is 22.4 Å². The Hall–Kier alpha value is -3.36. The number of hydrogen-bond donors (Lipinski definition) is 2. The second kappa shape index (κ2) is 8.12. The highest BCUT2D eigenvalue weighted by atomic mass is 19.4. The number of carbonyl (C=O) groups is 1. The van der Waals surface area contributed by atoms with Crippen molar-refractivity contribution >= 4 is 17.4 Å². The number of carbonyl (C=O) groups excluding carboxylic acids is 1.